The molecule has 0 heterocycles. The zero-order chi connectivity index (χ0) is 62.8. The Morgan fingerprint density at radius 3 is 0.800 bits per heavy atom. The third-order valence-electron chi connectivity index (χ3n) is 15.3. The second-order valence-electron chi connectivity index (χ2n) is 24.3. The first kappa shape index (κ1) is 83.1. The summed E-state index contributed by atoms with van der Waals surface area (Å²) in [6, 6.07) is 0. The molecule has 2 unspecified atom stereocenters. The molecule has 0 aliphatic rings. The summed E-state index contributed by atoms with van der Waals surface area (Å²) in [4.78, 5) is 72.0. The molecule has 3 N–H and O–H groups in total. The molecule has 0 amide bonds. The minimum absolute atomic E-state index is 0.103. The molecule has 0 aromatic heterocycles. The van der Waals surface area contributed by atoms with Crippen molar-refractivity contribution in [2.45, 2.75) is 355 Å². The Morgan fingerprint density at radius 1 is 0.318 bits per heavy atom. The molecule has 0 aromatic carbocycles. The predicted molar refractivity (Wildman–Crippen MR) is 340 cm³/mol. The quantitative estimate of drug-likeness (QED) is 0.0222. The monoisotopic (exact) mass is 1250 g/mol. The van der Waals surface area contributed by atoms with Gasteiger partial charge in [0.1, 0.15) is 19.3 Å². The summed E-state index contributed by atoms with van der Waals surface area (Å²) in [6.45, 7) is 7.05. The van der Waals surface area contributed by atoms with Gasteiger partial charge < -0.3 is 33.8 Å². The van der Waals surface area contributed by atoms with E-state index in [0.29, 0.717) is 31.6 Å². The highest BCUT2D eigenvalue weighted by Gasteiger charge is 2.30. The van der Waals surface area contributed by atoms with Gasteiger partial charge in [-0.15, -0.1) is 0 Å². The Kier molecular flexibility index (Phi) is 58.3. The van der Waals surface area contributed by atoms with Gasteiger partial charge in [0.15, 0.2) is 12.2 Å². The molecule has 0 spiro atoms. The normalized spacial score (nSPS) is 14.2. The van der Waals surface area contributed by atoms with Crippen LogP contribution in [0.2, 0.25) is 0 Å². The summed E-state index contributed by atoms with van der Waals surface area (Å²) >= 11 is 0. The van der Waals surface area contributed by atoms with Crippen LogP contribution in [0.15, 0.2) is 0 Å². The average Bonchev–Trinajstić information content (AvgIpc) is 3.62. The van der Waals surface area contributed by atoms with E-state index in [-0.39, 0.29) is 25.7 Å². The van der Waals surface area contributed by atoms with Gasteiger partial charge in [0.25, 0.3) is 0 Å². The fourth-order valence-corrected chi connectivity index (χ4v) is 11.5. The lowest BCUT2D eigenvalue weighted by atomic mass is 10.0. The van der Waals surface area contributed by atoms with Gasteiger partial charge in [-0.1, -0.05) is 285 Å². The average molecular weight is 1260 g/mol. The van der Waals surface area contributed by atoms with Crippen molar-refractivity contribution >= 4 is 39.5 Å². The maximum atomic E-state index is 13.0. The standard InChI is InChI=1S/C66H128O17P2/c1-6-9-12-15-17-19-21-22-23-24-25-26-27-28-30-32-36-41-46-51-65(70)83-62(56-77-64(69)50-45-40-35-31-29-20-18-16-13-10-7-2)58-81-85(74,75)79-54-60(67)53-78-84(72,73)80-57-61(55-76-63(68)49-44-38-14-11-8-3)82-66(71)52-47-42-37-33-34-39-43-48-59(4)5/h59-62,67H,6-58H2,1-5H3,(H,72,73)(H,74,75)/t60-,61+,62+/m0/s1. The maximum Gasteiger partial charge on any atom is 0.472 e. The number of unbranched alkanes of at least 4 members (excludes halogenated alkanes) is 38. The highest BCUT2D eigenvalue weighted by molar-refractivity contribution is 7.47. The number of rotatable bonds is 66. The lowest BCUT2D eigenvalue weighted by Crippen LogP contribution is -2.30. The number of phosphoric ester groups is 2. The summed E-state index contributed by atoms with van der Waals surface area (Å²) in [5.41, 5.74) is 0. The van der Waals surface area contributed by atoms with Crippen molar-refractivity contribution in [2.24, 2.45) is 5.92 Å². The minimum atomic E-state index is -4.94. The molecular formula is C66H128O17P2. The molecule has 0 saturated carbocycles. The predicted octanol–water partition coefficient (Wildman–Crippen LogP) is 18.6. The molecule has 0 aliphatic heterocycles. The number of carbonyl (C=O) groups excluding carboxylic acids is 4. The van der Waals surface area contributed by atoms with Crippen LogP contribution in [0.25, 0.3) is 0 Å². The van der Waals surface area contributed by atoms with E-state index in [4.69, 9.17) is 37.0 Å². The first-order chi connectivity index (χ1) is 41.0. The van der Waals surface area contributed by atoms with E-state index in [0.717, 1.165) is 96.3 Å². The van der Waals surface area contributed by atoms with Crippen molar-refractivity contribution in [2.75, 3.05) is 39.6 Å². The third-order valence-corrected chi connectivity index (χ3v) is 17.2. The van der Waals surface area contributed by atoms with Crippen LogP contribution in [0.5, 0.6) is 0 Å². The zero-order valence-electron chi connectivity index (χ0n) is 54.7. The molecule has 19 heteroatoms. The number of aliphatic hydroxyl groups excluding tert-OH is 1. The molecular weight excluding hydrogens is 1130 g/mol. The third kappa shape index (κ3) is 60.7. The summed E-state index contributed by atoms with van der Waals surface area (Å²) < 4.78 is 67.9. The zero-order valence-corrected chi connectivity index (χ0v) is 56.5. The maximum absolute atomic E-state index is 13.0. The fraction of sp³-hybridized carbons (Fsp3) is 0.939. The molecule has 0 saturated heterocycles. The number of hydrogen-bond acceptors (Lipinski definition) is 15. The van der Waals surface area contributed by atoms with Gasteiger partial charge in [0.05, 0.1) is 26.4 Å². The SMILES string of the molecule is CCCCCCCCCCCCCCCCCCCCCC(=O)O[C@H](COC(=O)CCCCCCCCCCCCC)COP(=O)(O)OC[C@@H](O)COP(=O)(O)OC[C@@H](COC(=O)CCCCCCC)OC(=O)CCCCCCCCCC(C)C. The first-order valence-corrected chi connectivity index (χ1v) is 37.6. The van der Waals surface area contributed by atoms with Crippen molar-refractivity contribution in [1.29, 1.82) is 0 Å². The molecule has 0 rings (SSSR count). The molecule has 0 fully saturated rings. The van der Waals surface area contributed by atoms with Crippen LogP contribution in [0.3, 0.4) is 0 Å². The Bertz CT molecular complexity index is 1650. The van der Waals surface area contributed by atoms with Gasteiger partial charge in [-0.2, -0.15) is 0 Å². The van der Waals surface area contributed by atoms with Crippen molar-refractivity contribution < 1.29 is 80.2 Å². The van der Waals surface area contributed by atoms with Crippen LogP contribution < -0.4 is 0 Å². The van der Waals surface area contributed by atoms with Crippen LogP contribution in [0.1, 0.15) is 336 Å². The minimum Gasteiger partial charge on any atom is -0.462 e. The van der Waals surface area contributed by atoms with Gasteiger partial charge >= 0.3 is 39.5 Å². The fourth-order valence-electron chi connectivity index (χ4n) is 9.94. The van der Waals surface area contributed by atoms with Gasteiger partial charge in [0.2, 0.25) is 0 Å². The van der Waals surface area contributed by atoms with Gasteiger partial charge in [0, 0.05) is 25.7 Å². The van der Waals surface area contributed by atoms with Crippen LogP contribution in [-0.2, 0) is 65.4 Å². The second kappa shape index (κ2) is 59.7. The molecule has 0 aromatic rings. The Balaban J connectivity index is 5.12. The van der Waals surface area contributed by atoms with Gasteiger partial charge in [-0.3, -0.25) is 37.3 Å². The lowest BCUT2D eigenvalue weighted by molar-refractivity contribution is -0.161. The molecule has 0 bridgehead atoms. The number of aliphatic hydroxyl groups is 1. The summed E-state index contributed by atoms with van der Waals surface area (Å²) in [5, 5.41) is 10.5. The van der Waals surface area contributed by atoms with E-state index >= 15 is 0 Å². The number of hydrogen-bond donors (Lipinski definition) is 3. The van der Waals surface area contributed by atoms with Crippen LogP contribution >= 0.6 is 15.6 Å². The Hall–Kier alpha value is -1.94. The van der Waals surface area contributed by atoms with Crippen LogP contribution in [-0.4, -0.2) is 96.7 Å². The van der Waals surface area contributed by atoms with E-state index in [1.54, 1.807) is 0 Å². The summed E-state index contributed by atoms with van der Waals surface area (Å²) in [7, 11) is -9.88. The van der Waals surface area contributed by atoms with E-state index < -0.39 is 97.5 Å². The Morgan fingerprint density at radius 2 is 0.541 bits per heavy atom. The van der Waals surface area contributed by atoms with E-state index in [1.807, 2.05) is 0 Å². The van der Waals surface area contributed by atoms with E-state index in [9.17, 15) is 43.2 Å². The first-order valence-electron chi connectivity index (χ1n) is 34.6. The molecule has 5 atom stereocenters. The van der Waals surface area contributed by atoms with Crippen molar-refractivity contribution in [1.82, 2.24) is 0 Å². The number of carbonyl (C=O) groups is 4. The van der Waals surface area contributed by atoms with Crippen molar-refractivity contribution in [3.63, 3.8) is 0 Å². The largest absolute Gasteiger partial charge is 0.472 e. The number of phosphoric acid groups is 2. The van der Waals surface area contributed by atoms with Crippen LogP contribution in [0.4, 0.5) is 0 Å². The molecule has 0 aliphatic carbocycles. The molecule has 0 radical (unpaired) electrons. The lowest BCUT2D eigenvalue weighted by Gasteiger charge is -2.21. The smallest absolute Gasteiger partial charge is 0.462 e. The van der Waals surface area contributed by atoms with Gasteiger partial charge in [-0.25, -0.2) is 9.13 Å². The Labute approximate surface area is 517 Å². The van der Waals surface area contributed by atoms with Crippen molar-refractivity contribution in [3.8, 4) is 0 Å². The highest BCUT2D eigenvalue weighted by Crippen LogP contribution is 2.45. The second-order valence-corrected chi connectivity index (χ2v) is 27.2. The van der Waals surface area contributed by atoms with Crippen molar-refractivity contribution in [3.05, 3.63) is 0 Å². The summed E-state index contributed by atoms with van der Waals surface area (Å²) in [6.07, 6.45) is 45.0. The summed E-state index contributed by atoms with van der Waals surface area (Å²) in [5.74, 6) is -1.45. The van der Waals surface area contributed by atoms with Gasteiger partial charge in [-0.05, 0) is 31.6 Å². The molecule has 17 nitrogen and oxygen atoms in total. The van der Waals surface area contributed by atoms with E-state index in [1.165, 1.54) is 154 Å². The molecule has 85 heavy (non-hydrogen) atoms. The number of ether oxygens (including phenoxy) is 4. The number of esters is 4. The van der Waals surface area contributed by atoms with Crippen LogP contribution in [0, 0.1) is 5.92 Å². The topological polar surface area (TPSA) is 237 Å². The van der Waals surface area contributed by atoms with E-state index in [2.05, 4.69) is 34.6 Å². The molecule has 504 valence electrons. The highest BCUT2D eigenvalue weighted by atomic mass is 31.2.